The summed E-state index contributed by atoms with van der Waals surface area (Å²) in [5, 5.41) is 12.0. The van der Waals surface area contributed by atoms with E-state index < -0.39 is 5.97 Å². The average molecular weight is 394 g/mol. The minimum Gasteiger partial charge on any atom is -0.493 e. The summed E-state index contributed by atoms with van der Waals surface area (Å²) >= 11 is 0. The Labute approximate surface area is 170 Å². The predicted octanol–water partition coefficient (Wildman–Crippen LogP) is 4.01. The van der Waals surface area contributed by atoms with Crippen LogP contribution in [0, 0.1) is 6.92 Å². The first kappa shape index (κ1) is 20.6. The first-order chi connectivity index (χ1) is 14.1. The molecule has 0 spiro atoms. The fraction of sp³-hybridized carbons (Fsp3) is 0.304. The molecule has 2 N–H and O–H groups in total. The van der Waals surface area contributed by atoms with Crippen molar-refractivity contribution in [3.63, 3.8) is 0 Å². The zero-order valence-electron chi connectivity index (χ0n) is 16.8. The highest BCUT2D eigenvalue weighted by molar-refractivity contribution is 5.67. The van der Waals surface area contributed by atoms with E-state index in [0.29, 0.717) is 31.9 Å². The maximum Gasteiger partial charge on any atom is 0.303 e. The van der Waals surface area contributed by atoms with Gasteiger partial charge in [-0.2, -0.15) is 0 Å². The highest BCUT2D eigenvalue weighted by Crippen LogP contribution is 2.23. The molecule has 0 saturated carbocycles. The normalized spacial score (nSPS) is 10.8. The van der Waals surface area contributed by atoms with Crippen LogP contribution < -0.4 is 10.1 Å². The van der Waals surface area contributed by atoms with Gasteiger partial charge < -0.3 is 19.6 Å². The van der Waals surface area contributed by atoms with Crippen molar-refractivity contribution in [2.75, 3.05) is 13.7 Å². The van der Waals surface area contributed by atoms with Gasteiger partial charge >= 0.3 is 5.97 Å². The van der Waals surface area contributed by atoms with Crippen molar-refractivity contribution in [1.82, 2.24) is 10.3 Å². The van der Waals surface area contributed by atoms with Gasteiger partial charge in [0.05, 0.1) is 12.3 Å². The number of rotatable bonds is 10. The summed E-state index contributed by atoms with van der Waals surface area (Å²) in [4.78, 5) is 15.5. The summed E-state index contributed by atoms with van der Waals surface area (Å²) in [6.07, 6.45) is 1.27. The van der Waals surface area contributed by atoms with Crippen LogP contribution in [0.4, 0.5) is 0 Å². The topological polar surface area (TPSA) is 84.6 Å². The van der Waals surface area contributed by atoms with E-state index in [0.717, 1.165) is 33.9 Å². The van der Waals surface area contributed by atoms with Crippen LogP contribution in [0.5, 0.6) is 5.75 Å². The number of hydrogen-bond donors (Lipinski definition) is 2. The third-order valence-corrected chi connectivity index (χ3v) is 4.67. The van der Waals surface area contributed by atoms with E-state index in [1.807, 2.05) is 62.5 Å². The molecule has 29 heavy (non-hydrogen) atoms. The fourth-order valence-corrected chi connectivity index (χ4v) is 3.16. The Bertz CT molecular complexity index is 951. The van der Waals surface area contributed by atoms with E-state index in [9.17, 15) is 4.79 Å². The minimum absolute atomic E-state index is 0.117. The van der Waals surface area contributed by atoms with Crippen molar-refractivity contribution in [2.45, 2.75) is 32.7 Å². The summed E-state index contributed by atoms with van der Waals surface area (Å²) < 4.78 is 11.7. The first-order valence-electron chi connectivity index (χ1n) is 9.69. The monoisotopic (exact) mass is 394 g/mol. The van der Waals surface area contributed by atoms with E-state index in [1.165, 1.54) is 0 Å². The molecule has 0 aliphatic heterocycles. The maximum absolute atomic E-state index is 10.9. The lowest BCUT2D eigenvalue weighted by atomic mass is 10.0. The molecule has 2 aromatic carbocycles. The minimum atomic E-state index is -0.793. The largest absolute Gasteiger partial charge is 0.493 e. The number of aryl methyl sites for hydroxylation is 2. The standard InChI is InChI=1S/C23H26N2O4/c1-16-21(25-23(29-16)18-6-4-3-5-7-18)12-13-28-20-10-8-17(9-11-22(26)27)19(14-20)15-24-2/h3-8,10,14,24H,9,11-13,15H2,1-2H3,(H,26,27). The molecule has 0 amide bonds. The van der Waals surface area contributed by atoms with Crippen LogP contribution in [0.25, 0.3) is 11.5 Å². The van der Waals surface area contributed by atoms with E-state index in [2.05, 4.69) is 10.3 Å². The number of aliphatic carboxylic acids is 1. The second-order valence-corrected chi connectivity index (χ2v) is 6.84. The number of hydrogen-bond acceptors (Lipinski definition) is 5. The van der Waals surface area contributed by atoms with Crippen molar-refractivity contribution < 1.29 is 19.1 Å². The molecule has 6 heteroatoms. The lowest BCUT2D eigenvalue weighted by molar-refractivity contribution is -0.136. The van der Waals surface area contributed by atoms with E-state index >= 15 is 0 Å². The van der Waals surface area contributed by atoms with Crippen LogP contribution in [0.3, 0.4) is 0 Å². The molecule has 0 aliphatic rings. The first-order valence-corrected chi connectivity index (χ1v) is 9.69. The highest BCUT2D eigenvalue weighted by Gasteiger charge is 2.12. The van der Waals surface area contributed by atoms with E-state index in [1.54, 1.807) is 0 Å². The summed E-state index contributed by atoms with van der Waals surface area (Å²) in [6, 6.07) is 15.6. The Kier molecular flexibility index (Phi) is 7.03. The lowest BCUT2D eigenvalue weighted by Gasteiger charge is -2.12. The molecule has 0 atom stereocenters. The Morgan fingerprint density at radius 3 is 2.66 bits per heavy atom. The fourth-order valence-electron chi connectivity index (χ4n) is 3.16. The molecule has 0 saturated heterocycles. The number of nitrogens with zero attached hydrogens (tertiary/aromatic N) is 1. The number of aromatic nitrogens is 1. The molecule has 0 fully saturated rings. The van der Waals surface area contributed by atoms with Crippen LogP contribution >= 0.6 is 0 Å². The molecular weight excluding hydrogens is 368 g/mol. The van der Waals surface area contributed by atoms with Crippen molar-refractivity contribution in [2.24, 2.45) is 0 Å². The SMILES string of the molecule is CNCc1cc(OCCc2nc(-c3ccccc3)oc2C)ccc1CCC(=O)O. The van der Waals surface area contributed by atoms with Crippen LogP contribution in [0.2, 0.25) is 0 Å². The van der Waals surface area contributed by atoms with Gasteiger partial charge in [-0.05, 0) is 55.8 Å². The van der Waals surface area contributed by atoms with E-state index in [-0.39, 0.29) is 6.42 Å². The summed E-state index contributed by atoms with van der Waals surface area (Å²) in [7, 11) is 1.87. The second-order valence-electron chi connectivity index (χ2n) is 6.84. The molecule has 1 heterocycles. The van der Waals surface area contributed by atoms with Gasteiger partial charge in [-0.25, -0.2) is 4.98 Å². The van der Waals surface area contributed by atoms with Crippen LogP contribution in [0.15, 0.2) is 52.9 Å². The van der Waals surface area contributed by atoms with Gasteiger partial charge in [0.2, 0.25) is 5.89 Å². The number of carboxylic acid groups (broad SMARTS) is 1. The highest BCUT2D eigenvalue weighted by atomic mass is 16.5. The van der Waals surface area contributed by atoms with Crippen molar-refractivity contribution in [3.05, 3.63) is 71.1 Å². The van der Waals surface area contributed by atoms with Crippen molar-refractivity contribution >= 4 is 5.97 Å². The van der Waals surface area contributed by atoms with Crippen LogP contribution in [-0.2, 0) is 24.2 Å². The maximum atomic E-state index is 10.9. The molecular formula is C23H26N2O4. The Hall–Kier alpha value is -3.12. The smallest absolute Gasteiger partial charge is 0.303 e. The molecule has 0 unspecified atom stereocenters. The number of carbonyl (C=O) groups is 1. The Morgan fingerprint density at radius 1 is 1.14 bits per heavy atom. The zero-order chi connectivity index (χ0) is 20.6. The number of benzene rings is 2. The number of ether oxygens (including phenoxy) is 1. The number of oxazole rings is 1. The van der Waals surface area contributed by atoms with Crippen molar-refractivity contribution in [3.8, 4) is 17.2 Å². The molecule has 3 rings (SSSR count). The average Bonchev–Trinajstić information content (AvgIpc) is 3.09. The van der Waals surface area contributed by atoms with Gasteiger partial charge in [-0.15, -0.1) is 0 Å². The number of nitrogens with one attached hydrogen (secondary N) is 1. The molecule has 3 aromatic rings. The summed E-state index contributed by atoms with van der Waals surface area (Å²) in [5.74, 6) is 1.39. The van der Waals surface area contributed by atoms with E-state index in [4.69, 9.17) is 14.3 Å². The molecule has 1 aromatic heterocycles. The number of carboxylic acids is 1. The molecule has 0 aliphatic carbocycles. The Balaban J connectivity index is 1.62. The van der Waals surface area contributed by atoms with Gasteiger partial charge in [0.1, 0.15) is 11.5 Å². The summed E-state index contributed by atoms with van der Waals surface area (Å²) in [5.41, 5.74) is 3.91. The molecule has 152 valence electrons. The molecule has 6 nitrogen and oxygen atoms in total. The van der Waals surface area contributed by atoms with Gasteiger partial charge in [-0.3, -0.25) is 4.79 Å². The lowest BCUT2D eigenvalue weighted by Crippen LogP contribution is -2.10. The van der Waals surface area contributed by atoms with Crippen LogP contribution in [-0.4, -0.2) is 29.7 Å². The predicted molar refractivity (Wildman–Crippen MR) is 111 cm³/mol. The van der Waals surface area contributed by atoms with Gasteiger partial charge in [-0.1, -0.05) is 24.3 Å². The van der Waals surface area contributed by atoms with Crippen LogP contribution in [0.1, 0.15) is 29.0 Å². The van der Waals surface area contributed by atoms with Gasteiger partial charge in [0.15, 0.2) is 0 Å². The van der Waals surface area contributed by atoms with Gasteiger partial charge in [0.25, 0.3) is 0 Å². The summed E-state index contributed by atoms with van der Waals surface area (Å²) in [6.45, 7) is 3.06. The third kappa shape index (κ3) is 5.68. The Morgan fingerprint density at radius 2 is 1.93 bits per heavy atom. The van der Waals surface area contributed by atoms with Crippen molar-refractivity contribution in [1.29, 1.82) is 0 Å². The molecule has 0 radical (unpaired) electrons. The van der Waals surface area contributed by atoms with Gasteiger partial charge in [0, 0.05) is 24.9 Å². The quantitative estimate of drug-likeness (QED) is 0.541. The second kappa shape index (κ2) is 9.89. The molecule has 0 bridgehead atoms. The zero-order valence-corrected chi connectivity index (χ0v) is 16.8. The third-order valence-electron chi connectivity index (χ3n) is 4.67.